The lowest BCUT2D eigenvalue weighted by molar-refractivity contribution is 0.0420. The molecule has 3 nitrogen and oxygen atoms in total. The zero-order valence-corrected chi connectivity index (χ0v) is 11.5. The van der Waals surface area contributed by atoms with Gasteiger partial charge in [-0.1, -0.05) is 17.7 Å². The summed E-state index contributed by atoms with van der Waals surface area (Å²) >= 11 is 0. The third-order valence-electron chi connectivity index (χ3n) is 3.96. The molecule has 0 amide bonds. The molecule has 0 saturated carbocycles. The maximum absolute atomic E-state index is 5.40. The Labute approximate surface area is 114 Å². The van der Waals surface area contributed by atoms with Crippen LogP contribution in [0.1, 0.15) is 17.5 Å². The van der Waals surface area contributed by atoms with Crippen LogP contribution in [0.25, 0.3) is 6.08 Å². The molecule has 0 bridgehead atoms. The van der Waals surface area contributed by atoms with Gasteiger partial charge in [-0.2, -0.15) is 0 Å². The van der Waals surface area contributed by atoms with Crippen molar-refractivity contribution in [3.8, 4) is 5.75 Å². The molecule has 0 N–H and O–H groups in total. The summed E-state index contributed by atoms with van der Waals surface area (Å²) in [6, 6.07) is 6.39. The highest BCUT2D eigenvalue weighted by Gasteiger charge is 2.15. The molecule has 3 rings (SSSR count). The lowest BCUT2D eigenvalue weighted by atomic mass is 9.92. The first-order valence-corrected chi connectivity index (χ1v) is 7.01. The van der Waals surface area contributed by atoms with Crippen LogP contribution >= 0.6 is 0 Å². The van der Waals surface area contributed by atoms with Gasteiger partial charge in [0.2, 0.25) is 0 Å². The van der Waals surface area contributed by atoms with Crippen LogP contribution in [0, 0.1) is 0 Å². The molecule has 0 atom stereocenters. The molecule has 1 saturated heterocycles. The number of hydrogen-bond donors (Lipinski definition) is 0. The summed E-state index contributed by atoms with van der Waals surface area (Å²) in [7, 11) is 1.73. The van der Waals surface area contributed by atoms with Gasteiger partial charge in [0.05, 0.1) is 20.3 Å². The number of hydrogen-bond acceptors (Lipinski definition) is 3. The van der Waals surface area contributed by atoms with Gasteiger partial charge in [0.15, 0.2) is 0 Å². The van der Waals surface area contributed by atoms with Gasteiger partial charge in [-0.3, -0.25) is 4.90 Å². The quantitative estimate of drug-likeness (QED) is 0.831. The second-order valence-electron chi connectivity index (χ2n) is 5.26. The number of ether oxygens (including phenoxy) is 2. The summed E-state index contributed by atoms with van der Waals surface area (Å²) < 4.78 is 10.7. The van der Waals surface area contributed by atoms with Gasteiger partial charge < -0.3 is 9.47 Å². The summed E-state index contributed by atoms with van der Waals surface area (Å²) in [6.07, 6.45) is 4.67. The standard InChI is InChI=1S/C16H21NO2/c1-18-16-5-4-14-3-2-13(10-15(14)11-16)12-17-6-8-19-9-7-17/h4-5,10-11H,2-3,6-9,12H2,1H3. The van der Waals surface area contributed by atoms with Crippen molar-refractivity contribution in [3.05, 3.63) is 34.9 Å². The molecule has 0 aromatic heterocycles. The Kier molecular flexibility index (Phi) is 3.85. The second-order valence-corrected chi connectivity index (χ2v) is 5.26. The number of aryl methyl sites for hydroxylation is 1. The van der Waals surface area contributed by atoms with E-state index in [1.165, 1.54) is 23.1 Å². The molecule has 0 spiro atoms. The molecule has 1 aliphatic heterocycles. The third kappa shape index (κ3) is 2.99. The number of morpholine rings is 1. The van der Waals surface area contributed by atoms with E-state index in [1.807, 2.05) is 0 Å². The second kappa shape index (κ2) is 5.76. The van der Waals surface area contributed by atoms with Crippen LogP contribution in [0.4, 0.5) is 0 Å². The van der Waals surface area contributed by atoms with Crippen LogP contribution in [0.2, 0.25) is 0 Å². The van der Waals surface area contributed by atoms with Crippen molar-refractivity contribution in [1.29, 1.82) is 0 Å². The minimum absolute atomic E-state index is 0.873. The Hall–Kier alpha value is -1.32. The van der Waals surface area contributed by atoms with E-state index >= 15 is 0 Å². The van der Waals surface area contributed by atoms with Gasteiger partial charge in [-0.05, 0) is 36.1 Å². The largest absolute Gasteiger partial charge is 0.497 e. The molecule has 19 heavy (non-hydrogen) atoms. The summed E-state index contributed by atoms with van der Waals surface area (Å²) in [5.74, 6) is 0.947. The van der Waals surface area contributed by atoms with Gasteiger partial charge in [-0.25, -0.2) is 0 Å². The maximum atomic E-state index is 5.40. The van der Waals surface area contributed by atoms with Crippen LogP contribution in [0.3, 0.4) is 0 Å². The van der Waals surface area contributed by atoms with Crippen molar-refractivity contribution in [2.75, 3.05) is 40.0 Å². The molecule has 1 aromatic carbocycles. The van der Waals surface area contributed by atoms with E-state index in [0.29, 0.717) is 0 Å². The number of methoxy groups -OCH3 is 1. The lowest BCUT2D eigenvalue weighted by Crippen LogP contribution is -2.37. The summed E-state index contributed by atoms with van der Waals surface area (Å²) in [5.41, 5.74) is 4.29. The molecule has 1 heterocycles. The third-order valence-corrected chi connectivity index (χ3v) is 3.96. The molecular formula is C16H21NO2. The van der Waals surface area contributed by atoms with Gasteiger partial charge in [0.25, 0.3) is 0 Å². The normalized spacial score (nSPS) is 19.7. The molecule has 2 aliphatic rings. The smallest absolute Gasteiger partial charge is 0.119 e. The number of nitrogens with zero attached hydrogens (tertiary/aromatic N) is 1. The Bertz CT molecular complexity index is 476. The summed E-state index contributed by atoms with van der Waals surface area (Å²) in [4.78, 5) is 2.49. The molecule has 1 aliphatic carbocycles. The average molecular weight is 259 g/mol. The van der Waals surface area contributed by atoms with E-state index in [1.54, 1.807) is 7.11 Å². The van der Waals surface area contributed by atoms with Crippen LogP contribution in [-0.2, 0) is 11.2 Å². The van der Waals surface area contributed by atoms with Crippen molar-refractivity contribution >= 4 is 6.08 Å². The highest BCUT2D eigenvalue weighted by molar-refractivity contribution is 5.61. The first-order valence-electron chi connectivity index (χ1n) is 7.01. The van der Waals surface area contributed by atoms with Crippen molar-refractivity contribution in [2.24, 2.45) is 0 Å². The maximum Gasteiger partial charge on any atom is 0.119 e. The zero-order valence-electron chi connectivity index (χ0n) is 11.5. The predicted molar refractivity (Wildman–Crippen MR) is 76.6 cm³/mol. The molecule has 3 heteroatoms. The first-order chi connectivity index (χ1) is 9.35. The fourth-order valence-electron chi connectivity index (χ4n) is 2.82. The van der Waals surface area contributed by atoms with E-state index in [4.69, 9.17) is 9.47 Å². The minimum atomic E-state index is 0.873. The Balaban J connectivity index is 1.74. The molecule has 1 fully saturated rings. The van der Waals surface area contributed by atoms with Gasteiger partial charge >= 0.3 is 0 Å². The Morgan fingerprint density at radius 3 is 2.84 bits per heavy atom. The molecular weight excluding hydrogens is 238 g/mol. The Morgan fingerprint density at radius 1 is 1.21 bits per heavy atom. The number of rotatable bonds is 3. The number of fused-ring (bicyclic) bond motifs is 1. The fourth-order valence-corrected chi connectivity index (χ4v) is 2.82. The molecule has 0 radical (unpaired) electrons. The predicted octanol–water partition coefficient (Wildman–Crippen LogP) is 2.36. The topological polar surface area (TPSA) is 21.7 Å². The van der Waals surface area contributed by atoms with E-state index in [2.05, 4.69) is 29.2 Å². The van der Waals surface area contributed by atoms with E-state index < -0.39 is 0 Å². The van der Waals surface area contributed by atoms with Gasteiger partial charge in [0, 0.05) is 19.6 Å². The van der Waals surface area contributed by atoms with Gasteiger partial charge in [0.1, 0.15) is 5.75 Å². The monoisotopic (exact) mass is 259 g/mol. The van der Waals surface area contributed by atoms with Crippen LogP contribution in [0.5, 0.6) is 5.75 Å². The average Bonchev–Trinajstić information content (AvgIpc) is 2.47. The van der Waals surface area contributed by atoms with Gasteiger partial charge in [-0.15, -0.1) is 0 Å². The SMILES string of the molecule is COc1ccc2c(c1)C=C(CN1CCOCC1)CC2. The summed E-state index contributed by atoms with van der Waals surface area (Å²) in [5, 5.41) is 0. The van der Waals surface area contributed by atoms with Crippen LogP contribution in [0.15, 0.2) is 23.8 Å². The van der Waals surface area contributed by atoms with Crippen molar-refractivity contribution in [1.82, 2.24) is 4.90 Å². The Morgan fingerprint density at radius 2 is 2.05 bits per heavy atom. The molecule has 0 unspecified atom stereocenters. The summed E-state index contributed by atoms with van der Waals surface area (Å²) in [6.45, 7) is 4.94. The zero-order chi connectivity index (χ0) is 13.1. The molecule has 1 aromatic rings. The highest BCUT2D eigenvalue weighted by atomic mass is 16.5. The highest BCUT2D eigenvalue weighted by Crippen LogP contribution is 2.27. The lowest BCUT2D eigenvalue weighted by Gasteiger charge is -2.28. The van der Waals surface area contributed by atoms with E-state index in [9.17, 15) is 0 Å². The van der Waals surface area contributed by atoms with E-state index in [0.717, 1.165) is 45.0 Å². The van der Waals surface area contributed by atoms with E-state index in [-0.39, 0.29) is 0 Å². The minimum Gasteiger partial charge on any atom is -0.497 e. The fraction of sp³-hybridized carbons (Fsp3) is 0.500. The van der Waals surface area contributed by atoms with Crippen molar-refractivity contribution in [3.63, 3.8) is 0 Å². The van der Waals surface area contributed by atoms with Crippen LogP contribution < -0.4 is 4.74 Å². The van der Waals surface area contributed by atoms with Crippen LogP contribution in [-0.4, -0.2) is 44.9 Å². The van der Waals surface area contributed by atoms with Crippen molar-refractivity contribution in [2.45, 2.75) is 12.8 Å². The molecule has 102 valence electrons. The number of benzene rings is 1. The first kappa shape index (κ1) is 12.7. The van der Waals surface area contributed by atoms with Crippen molar-refractivity contribution < 1.29 is 9.47 Å².